The minimum atomic E-state index is -0.432. The summed E-state index contributed by atoms with van der Waals surface area (Å²) in [5, 5.41) is 10.7. The standard InChI is InChI=1S/C22H26N4O2S/c1-3-17-12(2)29-21(23-17)24-19(27)16-10-14-9-8-13(16)11-22(14)25-18-7-5-4-6-15(18)20(28)26-22/h4-7,13-14,16,25H,3,8-11H2,1-2H3,(H,26,28)(H,23,24,27)/t13-,14+,16-,22+/m0/s1. The number of nitrogens with zero attached hydrogens (tertiary/aromatic N) is 1. The number of carbonyl (C=O) groups excluding carboxylic acids is 2. The molecule has 0 saturated heterocycles. The number of anilines is 2. The zero-order chi connectivity index (χ0) is 20.2. The third kappa shape index (κ3) is 3.03. The molecule has 0 unspecified atom stereocenters. The van der Waals surface area contributed by atoms with E-state index in [4.69, 9.17) is 0 Å². The van der Waals surface area contributed by atoms with Gasteiger partial charge in [-0.05, 0) is 57.1 Å². The Morgan fingerprint density at radius 2 is 2.14 bits per heavy atom. The first-order valence-corrected chi connectivity index (χ1v) is 11.3. The van der Waals surface area contributed by atoms with Gasteiger partial charge in [0.2, 0.25) is 5.91 Å². The van der Waals surface area contributed by atoms with E-state index in [0.29, 0.717) is 10.7 Å². The number of hydrogen-bond acceptors (Lipinski definition) is 5. The van der Waals surface area contributed by atoms with Gasteiger partial charge in [0.15, 0.2) is 5.13 Å². The molecule has 6 rings (SSSR count). The Labute approximate surface area is 174 Å². The molecule has 29 heavy (non-hydrogen) atoms. The second-order valence-electron chi connectivity index (χ2n) is 8.54. The van der Waals surface area contributed by atoms with Gasteiger partial charge in [-0.3, -0.25) is 9.59 Å². The molecule has 2 heterocycles. The van der Waals surface area contributed by atoms with Gasteiger partial charge in [0.05, 0.1) is 11.3 Å². The maximum Gasteiger partial charge on any atom is 0.255 e. The van der Waals surface area contributed by atoms with Gasteiger partial charge in [-0.25, -0.2) is 4.98 Å². The van der Waals surface area contributed by atoms with Crippen LogP contribution in [0.5, 0.6) is 0 Å². The summed E-state index contributed by atoms with van der Waals surface area (Å²) in [4.78, 5) is 31.5. The summed E-state index contributed by atoms with van der Waals surface area (Å²) in [6, 6.07) is 7.66. The lowest BCUT2D eigenvalue weighted by Gasteiger charge is -2.56. The molecule has 1 aliphatic heterocycles. The van der Waals surface area contributed by atoms with Gasteiger partial charge in [-0.2, -0.15) is 0 Å². The molecule has 3 aliphatic carbocycles. The third-order valence-electron chi connectivity index (χ3n) is 6.93. The Kier molecular flexibility index (Phi) is 4.38. The van der Waals surface area contributed by atoms with Gasteiger partial charge in [0.25, 0.3) is 5.91 Å². The normalized spacial score (nSPS) is 29.9. The SMILES string of the molecule is CCc1nc(NC(=O)[C@H]2C[C@H]3CC[C@H]2C[C@@]32NC(=O)c3ccccc3N2)sc1C. The van der Waals surface area contributed by atoms with Crippen molar-refractivity contribution in [1.82, 2.24) is 10.3 Å². The Balaban J connectivity index is 1.34. The largest absolute Gasteiger partial charge is 0.362 e. The van der Waals surface area contributed by atoms with E-state index in [1.807, 2.05) is 31.2 Å². The van der Waals surface area contributed by atoms with Gasteiger partial charge in [-0.15, -0.1) is 11.3 Å². The summed E-state index contributed by atoms with van der Waals surface area (Å²) in [5.74, 6) is 0.533. The molecule has 3 saturated carbocycles. The molecule has 2 aromatic rings. The number of aromatic nitrogens is 1. The van der Waals surface area contributed by atoms with E-state index in [0.717, 1.165) is 43.5 Å². The summed E-state index contributed by atoms with van der Waals surface area (Å²) in [5.41, 5.74) is 2.22. The predicted molar refractivity (Wildman–Crippen MR) is 114 cm³/mol. The van der Waals surface area contributed by atoms with Crippen LogP contribution < -0.4 is 16.0 Å². The number of rotatable bonds is 3. The third-order valence-corrected chi connectivity index (χ3v) is 7.86. The highest BCUT2D eigenvalue weighted by Gasteiger charge is 2.55. The van der Waals surface area contributed by atoms with Crippen LogP contribution >= 0.6 is 11.3 Å². The first-order valence-electron chi connectivity index (χ1n) is 10.5. The van der Waals surface area contributed by atoms with Crippen LogP contribution in [0, 0.1) is 24.7 Å². The summed E-state index contributed by atoms with van der Waals surface area (Å²) < 4.78 is 0. The molecule has 152 valence electrons. The number of benzene rings is 1. The maximum absolute atomic E-state index is 13.0. The van der Waals surface area contributed by atoms with E-state index in [2.05, 4.69) is 27.9 Å². The molecule has 3 N–H and O–H groups in total. The van der Waals surface area contributed by atoms with Crippen LogP contribution in [0.15, 0.2) is 24.3 Å². The van der Waals surface area contributed by atoms with E-state index in [1.165, 1.54) is 4.88 Å². The molecule has 3 fully saturated rings. The number of thiazole rings is 1. The highest BCUT2D eigenvalue weighted by Crippen LogP contribution is 2.52. The highest BCUT2D eigenvalue weighted by molar-refractivity contribution is 7.15. The monoisotopic (exact) mass is 410 g/mol. The fraction of sp³-hybridized carbons (Fsp3) is 0.500. The zero-order valence-corrected chi connectivity index (χ0v) is 17.6. The van der Waals surface area contributed by atoms with E-state index >= 15 is 0 Å². The van der Waals surface area contributed by atoms with Gasteiger partial charge in [0, 0.05) is 22.4 Å². The molecule has 2 amide bonds. The number of hydrogen-bond donors (Lipinski definition) is 3. The van der Waals surface area contributed by atoms with Crippen molar-refractivity contribution in [2.45, 2.75) is 51.6 Å². The Morgan fingerprint density at radius 3 is 2.86 bits per heavy atom. The number of aryl methyl sites for hydroxylation is 2. The van der Waals surface area contributed by atoms with Crippen LogP contribution in [-0.4, -0.2) is 22.5 Å². The van der Waals surface area contributed by atoms with Crippen molar-refractivity contribution in [2.75, 3.05) is 10.6 Å². The lowest BCUT2D eigenvalue weighted by molar-refractivity contribution is -0.126. The average Bonchev–Trinajstić information content (AvgIpc) is 3.07. The fourth-order valence-corrected chi connectivity index (χ4v) is 6.38. The molecular formula is C22H26N4O2S. The van der Waals surface area contributed by atoms with Gasteiger partial charge < -0.3 is 16.0 Å². The quantitative estimate of drug-likeness (QED) is 0.716. The van der Waals surface area contributed by atoms with Crippen LogP contribution in [0.2, 0.25) is 0 Å². The molecule has 1 aromatic heterocycles. The van der Waals surface area contributed by atoms with Gasteiger partial charge in [0.1, 0.15) is 5.66 Å². The van der Waals surface area contributed by atoms with E-state index in [1.54, 1.807) is 11.3 Å². The summed E-state index contributed by atoms with van der Waals surface area (Å²) in [6.07, 6.45) is 4.51. The van der Waals surface area contributed by atoms with Crippen LogP contribution in [0.4, 0.5) is 10.8 Å². The molecule has 1 aromatic carbocycles. The molecule has 4 aliphatic rings. The van der Waals surface area contributed by atoms with Crippen molar-refractivity contribution in [3.05, 3.63) is 40.4 Å². The molecule has 0 radical (unpaired) electrons. The van der Waals surface area contributed by atoms with Crippen LogP contribution in [0.3, 0.4) is 0 Å². The second-order valence-corrected chi connectivity index (χ2v) is 9.74. The molecule has 2 bridgehead atoms. The van der Waals surface area contributed by atoms with Crippen LogP contribution in [-0.2, 0) is 11.2 Å². The predicted octanol–water partition coefficient (Wildman–Crippen LogP) is 3.94. The van der Waals surface area contributed by atoms with Crippen LogP contribution in [0.25, 0.3) is 0 Å². The molecular weight excluding hydrogens is 384 g/mol. The van der Waals surface area contributed by atoms with E-state index in [9.17, 15) is 9.59 Å². The molecule has 6 nitrogen and oxygen atoms in total. The number of carbonyl (C=O) groups is 2. The Bertz CT molecular complexity index is 987. The number of para-hydroxylation sites is 1. The lowest BCUT2D eigenvalue weighted by atomic mass is 9.58. The fourth-order valence-electron chi connectivity index (χ4n) is 5.47. The topological polar surface area (TPSA) is 83.1 Å². The minimum Gasteiger partial charge on any atom is -0.362 e. The second kappa shape index (κ2) is 6.83. The minimum absolute atomic E-state index is 0.0155. The van der Waals surface area contributed by atoms with Crippen molar-refractivity contribution in [3.8, 4) is 0 Å². The van der Waals surface area contributed by atoms with Crippen molar-refractivity contribution in [2.24, 2.45) is 17.8 Å². The Hall–Kier alpha value is -2.41. The average molecular weight is 411 g/mol. The Morgan fingerprint density at radius 1 is 1.31 bits per heavy atom. The molecule has 4 atom stereocenters. The number of fused-ring (bicyclic) bond motifs is 3. The smallest absolute Gasteiger partial charge is 0.255 e. The van der Waals surface area contributed by atoms with E-state index in [-0.39, 0.29) is 29.6 Å². The number of amides is 2. The van der Waals surface area contributed by atoms with Gasteiger partial charge >= 0.3 is 0 Å². The summed E-state index contributed by atoms with van der Waals surface area (Å²) in [7, 11) is 0. The maximum atomic E-state index is 13.0. The van der Waals surface area contributed by atoms with Crippen molar-refractivity contribution in [1.29, 1.82) is 0 Å². The van der Waals surface area contributed by atoms with Crippen molar-refractivity contribution < 1.29 is 9.59 Å². The van der Waals surface area contributed by atoms with Crippen LogP contribution in [0.1, 0.15) is 53.5 Å². The summed E-state index contributed by atoms with van der Waals surface area (Å²) >= 11 is 1.55. The first kappa shape index (κ1) is 18.6. The first-order chi connectivity index (χ1) is 14.0. The van der Waals surface area contributed by atoms with Crippen molar-refractivity contribution in [3.63, 3.8) is 0 Å². The lowest BCUT2D eigenvalue weighted by Crippen LogP contribution is -2.67. The molecule has 1 spiro atoms. The zero-order valence-electron chi connectivity index (χ0n) is 16.7. The van der Waals surface area contributed by atoms with Crippen molar-refractivity contribution >= 4 is 34.0 Å². The highest BCUT2D eigenvalue weighted by atomic mass is 32.1. The molecule has 7 heteroatoms. The number of nitrogens with one attached hydrogen (secondary N) is 3. The summed E-state index contributed by atoms with van der Waals surface area (Å²) in [6.45, 7) is 4.13. The van der Waals surface area contributed by atoms with E-state index < -0.39 is 5.66 Å². The van der Waals surface area contributed by atoms with Gasteiger partial charge in [-0.1, -0.05) is 19.1 Å².